The third-order valence-electron chi connectivity index (χ3n) is 2.89. The highest BCUT2D eigenvalue weighted by Gasteiger charge is 2.14. The fraction of sp³-hybridized carbons (Fsp3) is 0.143. The average Bonchev–Trinajstić information content (AvgIpc) is 2.41. The maximum atomic E-state index is 13.7. The van der Waals surface area contributed by atoms with Crippen molar-refractivity contribution in [2.75, 3.05) is 11.9 Å². The Morgan fingerprint density at radius 3 is 2.65 bits per heavy atom. The number of nitro groups is 1. The summed E-state index contributed by atoms with van der Waals surface area (Å²) in [5.74, 6) is -0.318. The predicted molar refractivity (Wildman–Crippen MR) is 79.3 cm³/mol. The standard InChI is InChI=1S/C14H12BrFN2O2/c1-17(13-5-3-2-4-12(13)16)9-10-6-7-11(15)14(8-10)18(19)20/h2-8H,9H2,1H3. The molecule has 0 saturated carbocycles. The summed E-state index contributed by atoms with van der Waals surface area (Å²) < 4.78 is 14.1. The molecule has 104 valence electrons. The van der Waals surface area contributed by atoms with Crippen molar-refractivity contribution in [2.24, 2.45) is 0 Å². The lowest BCUT2D eigenvalue weighted by molar-refractivity contribution is -0.385. The SMILES string of the molecule is CN(Cc1ccc(Br)c([N+](=O)[O-])c1)c1ccccc1F. The van der Waals surface area contributed by atoms with Crippen LogP contribution in [0.3, 0.4) is 0 Å². The van der Waals surface area contributed by atoms with Gasteiger partial charge in [-0.1, -0.05) is 18.2 Å². The Morgan fingerprint density at radius 1 is 1.30 bits per heavy atom. The van der Waals surface area contributed by atoms with Gasteiger partial charge in [0.25, 0.3) is 5.69 Å². The van der Waals surface area contributed by atoms with Crippen molar-refractivity contribution in [3.63, 3.8) is 0 Å². The summed E-state index contributed by atoms with van der Waals surface area (Å²) in [6.45, 7) is 0.384. The molecule has 0 aliphatic carbocycles. The van der Waals surface area contributed by atoms with Crippen LogP contribution in [0.2, 0.25) is 0 Å². The predicted octanol–water partition coefficient (Wildman–Crippen LogP) is 4.13. The second-order valence-corrected chi connectivity index (χ2v) is 5.20. The topological polar surface area (TPSA) is 46.4 Å². The van der Waals surface area contributed by atoms with Crippen molar-refractivity contribution in [3.8, 4) is 0 Å². The number of anilines is 1. The van der Waals surface area contributed by atoms with Gasteiger partial charge in [-0.3, -0.25) is 10.1 Å². The molecule has 2 aromatic rings. The first-order valence-corrected chi connectivity index (χ1v) is 6.67. The molecule has 0 radical (unpaired) electrons. The molecule has 0 bridgehead atoms. The zero-order chi connectivity index (χ0) is 14.7. The van der Waals surface area contributed by atoms with Gasteiger partial charge < -0.3 is 4.90 Å². The molecule has 0 saturated heterocycles. The van der Waals surface area contributed by atoms with Crippen molar-refractivity contribution in [1.82, 2.24) is 0 Å². The molecule has 0 aromatic heterocycles. The Kier molecular flexibility index (Phi) is 4.34. The highest BCUT2D eigenvalue weighted by atomic mass is 79.9. The summed E-state index contributed by atoms with van der Waals surface area (Å²) in [7, 11) is 1.74. The maximum absolute atomic E-state index is 13.7. The van der Waals surface area contributed by atoms with Gasteiger partial charge in [-0.2, -0.15) is 0 Å². The number of hydrogen-bond acceptors (Lipinski definition) is 3. The molecule has 0 unspecified atom stereocenters. The lowest BCUT2D eigenvalue weighted by atomic mass is 10.2. The molecule has 2 rings (SSSR count). The number of rotatable bonds is 4. The van der Waals surface area contributed by atoms with E-state index in [4.69, 9.17) is 0 Å². The number of benzene rings is 2. The molecule has 0 atom stereocenters. The van der Waals surface area contributed by atoms with Gasteiger partial charge in [0.2, 0.25) is 0 Å². The Labute approximate surface area is 124 Å². The van der Waals surface area contributed by atoms with Crippen molar-refractivity contribution >= 4 is 27.3 Å². The van der Waals surface area contributed by atoms with E-state index in [1.807, 2.05) is 0 Å². The minimum atomic E-state index is -0.448. The smallest absolute Gasteiger partial charge is 0.283 e. The van der Waals surface area contributed by atoms with Gasteiger partial charge in [0.1, 0.15) is 5.82 Å². The summed E-state index contributed by atoms with van der Waals surface area (Å²) in [5, 5.41) is 10.9. The minimum absolute atomic E-state index is 0.00411. The number of hydrogen-bond donors (Lipinski definition) is 0. The van der Waals surface area contributed by atoms with E-state index in [0.717, 1.165) is 5.56 Å². The second-order valence-electron chi connectivity index (χ2n) is 4.35. The van der Waals surface area contributed by atoms with Crippen LogP contribution in [0.25, 0.3) is 0 Å². The fourth-order valence-electron chi connectivity index (χ4n) is 1.92. The monoisotopic (exact) mass is 338 g/mol. The van der Waals surface area contributed by atoms with Crippen LogP contribution in [0.15, 0.2) is 46.9 Å². The number of para-hydroxylation sites is 1. The Bertz CT molecular complexity index is 649. The molecule has 0 aliphatic rings. The summed E-state index contributed by atoms with van der Waals surface area (Å²) in [4.78, 5) is 12.1. The minimum Gasteiger partial charge on any atom is -0.368 e. The summed E-state index contributed by atoms with van der Waals surface area (Å²) >= 11 is 3.14. The van der Waals surface area contributed by atoms with E-state index < -0.39 is 4.92 Å². The fourth-order valence-corrected chi connectivity index (χ4v) is 2.31. The van der Waals surface area contributed by atoms with Crippen LogP contribution in [-0.2, 0) is 6.54 Å². The molecular weight excluding hydrogens is 327 g/mol. The van der Waals surface area contributed by atoms with Gasteiger partial charge in [-0.25, -0.2) is 4.39 Å². The van der Waals surface area contributed by atoms with Gasteiger partial charge in [-0.05, 0) is 39.7 Å². The number of halogens is 2. The van der Waals surface area contributed by atoms with Crippen LogP contribution < -0.4 is 4.90 Å². The van der Waals surface area contributed by atoms with Crippen LogP contribution >= 0.6 is 15.9 Å². The van der Waals surface area contributed by atoms with Crippen LogP contribution in [0.5, 0.6) is 0 Å². The van der Waals surface area contributed by atoms with Crippen molar-refractivity contribution < 1.29 is 9.31 Å². The quantitative estimate of drug-likeness (QED) is 0.621. The summed E-state index contributed by atoms with van der Waals surface area (Å²) in [5.41, 5.74) is 1.20. The van der Waals surface area contributed by atoms with Gasteiger partial charge in [0.05, 0.1) is 15.1 Å². The first-order valence-electron chi connectivity index (χ1n) is 5.87. The third kappa shape index (κ3) is 3.14. The summed E-state index contributed by atoms with van der Waals surface area (Å²) in [6.07, 6.45) is 0. The number of nitro benzene ring substituents is 1. The van der Waals surface area contributed by atoms with Gasteiger partial charge in [-0.15, -0.1) is 0 Å². The van der Waals surface area contributed by atoms with Crippen molar-refractivity contribution in [2.45, 2.75) is 6.54 Å². The Morgan fingerprint density at radius 2 is 2.00 bits per heavy atom. The van der Waals surface area contributed by atoms with Crippen molar-refractivity contribution in [3.05, 3.63) is 68.4 Å². The van der Waals surface area contributed by atoms with E-state index in [2.05, 4.69) is 15.9 Å². The lowest BCUT2D eigenvalue weighted by Gasteiger charge is -2.19. The first kappa shape index (κ1) is 14.5. The molecule has 4 nitrogen and oxygen atoms in total. The normalized spacial score (nSPS) is 10.3. The van der Waals surface area contributed by atoms with E-state index in [1.54, 1.807) is 42.3 Å². The van der Waals surface area contributed by atoms with E-state index in [0.29, 0.717) is 16.7 Å². The van der Waals surface area contributed by atoms with E-state index in [1.165, 1.54) is 12.1 Å². The molecule has 6 heteroatoms. The lowest BCUT2D eigenvalue weighted by Crippen LogP contribution is -2.17. The summed E-state index contributed by atoms with van der Waals surface area (Å²) in [6, 6.07) is 11.3. The average molecular weight is 339 g/mol. The molecule has 20 heavy (non-hydrogen) atoms. The van der Waals surface area contributed by atoms with Crippen molar-refractivity contribution in [1.29, 1.82) is 0 Å². The van der Waals surface area contributed by atoms with Gasteiger partial charge >= 0.3 is 0 Å². The van der Waals surface area contributed by atoms with Gasteiger partial charge in [0, 0.05) is 19.7 Å². The molecular formula is C14H12BrFN2O2. The molecule has 0 amide bonds. The Balaban J connectivity index is 2.24. The number of nitrogens with zero attached hydrogens (tertiary/aromatic N) is 2. The van der Waals surface area contributed by atoms with Crippen LogP contribution in [0.4, 0.5) is 15.8 Å². The van der Waals surface area contributed by atoms with Gasteiger partial charge in [0.15, 0.2) is 0 Å². The second kappa shape index (κ2) is 6.00. The zero-order valence-corrected chi connectivity index (χ0v) is 12.3. The first-order chi connectivity index (χ1) is 9.49. The maximum Gasteiger partial charge on any atom is 0.283 e. The molecule has 0 N–H and O–H groups in total. The van der Waals surface area contributed by atoms with Crippen LogP contribution in [-0.4, -0.2) is 12.0 Å². The molecule has 0 heterocycles. The molecule has 0 aliphatic heterocycles. The van der Waals surface area contributed by atoms with E-state index in [9.17, 15) is 14.5 Å². The van der Waals surface area contributed by atoms with E-state index in [-0.39, 0.29) is 11.5 Å². The Hall–Kier alpha value is -1.95. The van der Waals surface area contributed by atoms with E-state index >= 15 is 0 Å². The molecule has 2 aromatic carbocycles. The van der Waals surface area contributed by atoms with Crippen LogP contribution in [0, 0.1) is 15.9 Å². The largest absolute Gasteiger partial charge is 0.368 e. The molecule has 0 fully saturated rings. The molecule has 0 spiro atoms. The highest BCUT2D eigenvalue weighted by Crippen LogP contribution is 2.27. The van der Waals surface area contributed by atoms with Crippen LogP contribution in [0.1, 0.15) is 5.56 Å². The highest BCUT2D eigenvalue weighted by molar-refractivity contribution is 9.10. The zero-order valence-electron chi connectivity index (χ0n) is 10.7. The third-order valence-corrected chi connectivity index (χ3v) is 3.56.